The maximum atomic E-state index is 13.3. The number of hydrogen-bond acceptors (Lipinski definition) is 5. The highest BCUT2D eigenvalue weighted by atomic mass is 32.2. The number of nitrogens with zero attached hydrogens (tertiary/aromatic N) is 3. The van der Waals surface area contributed by atoms with Crippen LogP contribution in [0.5, 0.6) is 0 Å². The van der Waals surface area contributed by atoms with E-state index in [4.69, 9.17) is 4.74 Å². The van der Waals surface area contributed by atoms with Crippen molar-refractivity contribution in [2.75, 3.05) is 19.8 Å². The SMILES string of the molecule is CCOCCn1c(=NC(=O)c2ccc(S(=O)(=O)N(CC)Cc3ccccc3)cc2)sc2cc(C)cc(C)c21. The molecule has 200 valence electrons. The van der Waals surface area contributed by atoms with Gasteiger partial charge in [0.25, 0.3) is 5.91 Å². The minimum atomic E-state index is -3.72. The Morgan fingerprint density at radius 3 is 2.39 bits per heavy atom. The molecule has 4 aromatic rings. The predicted molar refractivity (Wildman–Crippen MR) is 152 cm³/mol. The number of ether oxygens (including phenoxy) is 1. The van der Waals surface area contributed by atoms with E-state index in [1.54, 1.807) is 0 Å². The smallest absolute Gasteiger partial charge is 0.279 e. The molecule has 3 aromatic carbocycles. The number of benzene rings is 3. The Balaban J connectivity index is 1.63. The molecule has 0 unspecified atom stereocenters. The first-order valence-electron chi connectivity index (χ1n) is 12.7. The summed E-state index contributed by atoms with van der Waals surface area (Å²) in [7, 11) is -3.72. The van der Waals surface area contributed by atoms with Crippen LogP contribution in [0, 0.1) is 13.8 Å². The number of fused-ring (bicyclic) bond motifs is 1. The zero-order chi connectivity index (χ0) is 27.3. The van der Waals surface area contributed by atoms with Crippen LogP contribution in [0.2, 0.25) is 0 Å². The van der Waals surface area contributed by atoms with Gasteiger partial charge < -0.3 is 9.30 Å². The first kappa shape index (κ1) is 27.9. The summed E-state index contributed by atoms with van der Waals surface area (Å²) < 4.78 is 36.6. The van der Waals surface area contributed by atoms with Gasteiger partial charge in [0.05, 0.1) is 21.7 Å². The third-order valence-electron chi connectivity index (χ3n) is 6.27. The fourth-order valence-corrected chi connectivity index (χ4v) is 7.08. The lowest BCUT2D eigenvalue weighted by Gasteiger charge is -2.20. The Morgan fingerprint density at radius 2 is 1.74 bits per heavy atom. The molecule has 1 heterocycles. The van der Waals surface area contributed by atoms with Crippen molar-refractivity contribution in [3.63, 3.8) is 0 Å². The van der Waals surface area contributed by atoms with E-state index >= 15 is 0 Å². The average Bonchev–Trinajstić information content (AvgIpc) is 3.24. The Kier molecular flexibility index (Phi) is 8.94. The lowest BCUT2D eigenvalue weighted by atomic mass is 10.1. The summed E-state index contributed by atoms with van der Waals surface area (Å²) >= 11 is 1.47. The summed E-state index contributed by atoms with van der Waals surface area (Å²) in [6.45, 7) is 10.2. The van der Waals surface area contributed by atoms with Crippen molar-refractivity contribution in [3.05, 3.63) is 93.8 Å². The molecule has 1 aromatic heterocycles. The minimum Gasteiger partial charge on any atom is -0.380 e. The van der Waals surface area contributed by atoms with Crippen LogP contribution < -0.4 is 4.80 Å². The fourth-order valence-electron chi connectivity index (χ4n) is 4.41. The number of amides is 1. The summed E-state index contributed by atoms with van der Waals surface area (Å²) in [5.41, 5.74) is 4.56. The largest absolute Gasteiger partial charge is 0.380 e. The topological polar surface area (TPSA) is 81.0 Å². The number of carbonyl (C=O) groups is 1. The van der Waals surface area contributed by atoms with E-state index < -0.39 is 15.9 Å². The number of aromatic nitrogens is 1. The van der Waals surface area contributed by atoms with Gasteiger partial charge in [-0.15, -0.1) is 0 Å². The van der Waals surface area contributed by atoms with E-state index in [0.29, 0.717) is 36.7 Å². The number of thiazole rings is 1. The summed E-state index contributed by atoms with van der Waals surface area (Å²) in [5, 5.41) is 0. The quantitative estimate of drug-likeness (QED) is 0.250. The van der Waals surface area contributed by atoms with Crippen molar-refractivity contribution in [3.8, 4) is 0 Å². The normalized spacial score (nSPS) is 12.5. The monoisotopic (exact) mass is 551 g/mol. The maximum absolute atomic E-state index is 13.3. The van der Waals surface area contributed by atoms with Gasteiger partial charge in [0.15, 0.2) is 4.80 Å². The lowest BCUT2D eigenvalue weighted by Crippen LogP contribution is -2.30. The van der Waals surface area contributed by atoms with E-state index in [-0.39, 0.29) is 11.4 Å². The van der Waals surface area contributed by atoms with Gasteiger partial charge in [-0.1, -0.05) is 54.7 Å². The molecule has 4 rings (SSSR count). The van der Waals surface area contributed by atoms with Gasteiger partial charge in [-0.25, -0.2) is 8.42 Å². The summed E-state index contributed by atoms with van der Waals surface area (Å²) in [6, 6.07) is 19.7. The zero-order valence-electron chi connectivity index (χ0n) is 22.2. The molecule has 0 spiro atoms. The van der Waals surface area contributed by atoms with E-state index in [1.165, 1.54) is 39.9 Å². The Morgan fingerprint density at radius 1 is 1.03 bits per heavy atom. The molecule has 1 amide bonds. The molecule has 9 heteroatoms. The van der Waals surface area contributed by atoms with Crippen LogP contribution in [-0.4, -0.2) is 43.0 Å². The second-order valence-corrected chi connectivity index (χ2v) is 12.0. The van der Waals surface area contributed by atoms with Crippen molar-refractivity contribution in [2.45, 2.75) is 45.7 Å². The van der Waals surface area contributed by atoms with Crippen LogP contribution in [0.25, 0.3) is 10.2 Å². The molecule has 0 aliphatic carbocycles. The first-order valence-corrected chi connectivity index (χ1v) is 14.9. The van der Waals surface area contributed by atoms with E-state index in [0.717, 1.165) is 26.9 Å². The molecule has 0 aliphatic heterocycles. The highest BCUT2D eigenvalue weighted by Gasteiger charge is 2.23. The van der Waals surface area contributed by atoms with Crippen LogP contribution in [0.4, 0.5) is 0 Å². The van der Waals surface area contributed by atoms with Crippen LogP contribution in [0.1, 0.15) is 40.9 Å². The second-order valence-electron chi connectivity index (χ2n) is 9.02. The van der Waals surface area contributed by atoms with Gasteiger partial charge >= 0.3 is 0 Å². The Hall–Kier alpha value is -3.11. The van der Waals surface area contributed by atoms with Gasteiger partial charge in [0.1, 0.15) is 0 Å². The van der Waals surface area contributed by atoms with Crippen molar-refractivity contribution >= 4 is 37.5 Å². The molecule has 0 saturated carbocycles. The molecular weight excluding hydrogens is 518 g/mol. The highest BCUT2D eigenvalue weighted by molar-refractivity contribution is 7.89. The molecule has 0 bridgehead atoms. The van der Waals surface area contributed by atoms with E-state index in [9.17, 15) is 13.2 Å². The minimum absolute atomic E-state index is 0.145. The van der Waals surface area contributed by atoms with E-state index in [1.807, 2.05) is 55.7 Å². The molecule has 0 fully saturated rings. The predicted octanol–water partition coefficient (Wildman–Crippen LogP) is 5.31. The number of aryl methyl sites for hydroxylation is 2. The molecule has 7 nitrogen and oxygen atoms in total. The van der Waals surface area contributed by atoms with Gasteiger partial charge in [-0.05, 0) is 67.8 Å². The fraction of sp³-hybridized carbons (Fsp3) is 0.310. The second kappa shape index (κ2) is 12.2. The van der Waals surface area contributed by atoms with Crippen molar-refractivity contribution in [1.29, 1.82) is 0 Å². The molecule has 38 heavy (non-hydrogen) atoms. The molecule has 0 aliphatic rings. The molecule has 0 radical (unpaired) electrons. The highest BCUT2D eigenvalue weighted by Crippen LogP contribution is 2.24. The standard InChI is InChI=1S/C29H33N3O4S2/c1-5-31(20-23-10-8-7-9-11-23)38(34,35)25-14-12-24(13-15-25)28(33)30-29-32(16-17-36-6-2)27-22(4)18-21(3)19-26(27)37-29/h7-15,18-19H,5-6,16-17,20H2,1-4H3. The average molecular weight is 552 g/mol. The maximum Gasteiger partial charge on any atom is 0.279 e. The van der Waals surface area contributed by atoms with Gasteiger partial charge in [-0.3, -0.25) is 4.79 Å². The molecule has 0 atom stereocenters. The number of rotatable bonds is 10. The van der Waals surface area contributed by atoms with Crippen LogP contribution in [0.3, 0.4) is 0 Å². The van der Waals surface area contributed by atoms with Crippen LogP contribution >= 0.6 is 11.3 Å². The van der Waals surface area contributed by atoms with Crippen LogP contribution in [0.15, 0.2) is 76.6 Å². The Bertz CT molecular complexity index is 1590. The number of hydrogen-bond donors (Lipinski definition) is 0. The van der Waals surface area contributed by atoms with E-state index in [2.05, 4.69) is 24.0 Å². The van der Waals surface area contributed by atoms with Crippen molar-refractivity contribution in [2.24, 2.45) is 4.99 Å². The first-order chi connectivity index (χ1) is 18.2. The van der Waals surface area contributed by atoms with Gasteiger partial charge in [-0.2, -0.15) is 9.30 Å². The lowest BCUT2D eigenvalue weighted by molar-refractivity contribution is 0.0996. The van der Waals surface area contributed by atoms with Gasteiger partial charge in [0.2, 0.25) is 10.0 Å². The zero-order valence-corrected chi connectivity index (χ0v) is 23.8. The third kappa shape index (κ3) is 6.13. The molecule has 0 N–H and O–H groups in total. The van der Waals surface area contributed by atoms with Crippen molar-refractivity contribution < 1.29 is 17.9 Å². The summed E-state index contributed by atoms with van der Waals surface area (Å²) in [4.78, 5) is 18.3. The van der Waals surface area contributed by atoms with Crippen molar-refractivity contribution in [1.82, 2.24) is 8.87 Å². The third-order valence-corrected chi connectivity index (χ3v) is 9.23. The molecule has 0 saturated heterocycles. The Labute approximate surface area is 228 Å². The number of carbonyl (C=O) groups excluding carboxylic acids is 1. The molecular formula is C29H33N3O4S2. The van der Waals surface area contributed by atoms with Crippen LogP contribution in [-0.2, 0) is 27.8 Å². The van der Waals surface area contributed by atoms with Gasteiger partial charge in [0, 0.05) is 31.8 Å². The number of sulfonamides is 1. The summed E-state index contributed by atoms with van der Waals surface area (Å²) in [5.74, 6) is -0.420. The summed E-state index contributed by atoms with van der Waals surface area (Å²) in [6.07, 6.45) is 0.